The van der Waals surface area contributed by atoms with E-state index in [4.69, 9.17) is 5.11 Å². The van der Waals surface area contributed by atoms with Crippen molar-refractivity contribution >= 4 is 17.6 Å². The summed E-state index contributed by atoms with van der Waals surface area (Å²) in [7, 11) is 0. The van der Waals surface area contributed by atoms with Crippen LogP contribution in [0.4, 0.5) is 23.2 Å². The minimum Gasteiger partial charge on any atom is -0.478 e. The van der Waals surface area contributed by atoms with Gasteiger partial charge in [0.25, 0.3) is 0 Å². The number of halogens is 4. The molecule has 0 spiro atoms. The van der Waals surface area contributed by atoms with Gasteiger partial charge in [-0.1, -0.05) is 0 Å². The summed E-state index contributed by atoms with van der Waals surface area (Å²) in [5.74, 6) is -4.85. The van der Waals surface area contributed by atoms with Crippen LogP contribution in [0.25, 0.3) is 0 Å². The van der Waals surface area contributed by atoms with E-state index in [9.17, 15) is 27.2 Å². The molecule has 0 fully saturated rings. The SMILES string of the molecule is Cc1c(F)ccc(C(=O)O)c1NC(=O)C(F)(F)F. The van der Waals surface area contributed by atoms with E-state index in [0.717, 1.165) is 19.1 Å². The van der Waals surface area contributed by atoms with Crippen molar-refractivity contribution < 1.29 is 32.3 Å². The standard InChI is InChI=1S/C10H7F4NO3/c1-4-6(11)3-2-5(8(16)17)7(4)15-9(18)10(12,13)14/h2-3H,1H3,(H,15,18)(H,16,17). The molecule has 1 aromatic carbocycles. The lowest BCUT2D eigenvalue weighted by atomic mass is 10.1. The van der Waals surface area contributed by atoms with Crippen molar-refractivity contribution in [3.8, 4) is 0 Å². The Bertz CT molecular complexity index is 511. The smallest absolute Gasteiger partial charge is 0.471 e. The molecule has 4 nitrogen and oxygen atoms in total. The van der Waals surface area contributed by atoms with Crippen molar-refractivity contribution in [1.82, 2.24) is 0 Å². The van der Waals surface area contributed by atoms with Crippen molar-refractivity contribution in [1.29, 1.82) is 0 Å². The average Bonchev–Trinajstić information content (AvgIpc) is 2.23. The molecule has 0 atom stereocenters. The van der Waals surface area contributed by atoms with Crippen molar-refractivity contribution in [2.24, 2.45) is 0 Å². The molecule has 18 heavy (non-hydrogen) atoms. The fraction of sp³-hybridized carbons (Fsp3) is 0.200. The molecule has 0 bridgehead atoms. The van der Waals surface area contributed by atoms with Gasteiger partial charge in [-0.05, 0) is 19.1 Å². The Morgan fingerprint density at radius 3 is 2.28 bits per heavy atom. The summed E-state index contributed by atoms with van der Waals surface area (Å²) in [6.07, 6.45) is -5.19. The van der Waals surface area contributed by atoms with E-state index in [-0.39, 0.29) is 5.56 Å². The third-order valence-electron chi connectivity index (χ3n) is 2.13. The third kappa shape index (κ3) is 2.76. The van der Waals surface area contributed by atoms with Gasteiger partial charge in [0.2, 0.25) is 0 Å². The molecule has 0 radical (unpaired) electrons. The number of hydrogen-bond acceptors (Lipinski definition) is 2. The van der Waals surface area contributed by atoms with Crippen LogP contribution in [-0.4, -0.2) is 23.2 Å². The number of amides is 1. The van der Waals surface area contributed by atoms with E-state index in [1.54, 1.807) is 0 Å². The average molecular weight is 265 g/mol. The lowest BCUT2D eigenvalue weighted by Crippen LogP contribution is -2.31. The van der Waals surface area contributed by atoms with Gasteiger partial charge in [0.1, 0.15) is 5.82 Å². The molecule has 0 aliphatic rings. The zero-order valence-electron chi connectivity index (χ0n) is 8.93. The maximum absolute atomic E-state index is 13.1. The number of aromatic carboxylic acids is 1. The molecule has 1 amide bonds. The summed E-state index contributed by atoms with van der Waals surface area (Å²) in [6, 6.07) is 1.57. The van der Waals surface area contributed by atoms with Crippen LogP contribution in [0.5, 0.6) is 0 Å². The summed E-state index contributed by atoms with van der Waals surface area (Å²) < 4.78 is 49.3. The number of carboxylic acid groups (broad SMARTS) is 1. The normalized spacial score (nSPS) is 11.2. The van der Waals surface area contributed by atoms with Crippen molar-refractivity contribution in [2.45, 2.75) is 13.1 Å². The Hall–Kier alpha value is -2.12. The van der Waals surface area contributed by atoms with E-state index >= 15 is 0 Å². The molecule has 0 saturated heterocycles. The lowest BCUT2D eigenvalue weighted by Gasteiger charge is -2.13. The molecule has 0 heterocycles. The number of carbonyl (C=O) groups excluding carboxylic acids is 1. The fourth-order valence-corrected chi connectivity index (χ4v) is 1.21. The molecular weight excluding hydrogens is 258 g/mol. The molecule has 2 N–H and O–H groups in total. The molecule has 1 aromatic rings. The molecule has 98 valence electrons. The molecule has 0 unspecified atom stereocenters. The van der Waals surface area contributed by atoms with Crippen molar-refractivity contribution in [3.63, 3.8) is 0 Å². The van der Waals surface area contributed by atoms with E-state index in [1.807, 2.05) is 0 Å². The number of benzene rings is 1. The van der Waals surface area contributed by atoms with Crippen LogP contribution in [0, 0.1) is 12.7 Å². The maximum atomic E-state index is 13.1. The minimum absolute atomic E-state index is 0.382. The summed E-state index contributed by atoms with van der Waals surface area (Å²) in [5.41, 5.74) is -1.70. The number of alkyl halides is 3. The maximum Gasteiger partial charge on any atom is 0.471 e. The minimum atomic E-state index is -5.19. The van der Waals surface area contributed by atoms with Gasteiger partial charge in [-0.2, -0.15) is 13.2 Å². The van der Waals surface area contributed by atoms with Crippen LogP contribution in [0.2, 0.25) is 0 Å². The van der Waals surface area contributed by atoms with Crippen LogP contribution in [0.3, 0.4) is 0 Å². The van der Waals surface area contributed by atoms with E-state index < -0.39 is 35.1 Å². The van der Waals surface area contributed by atoms with Crippen LogP contribution in [0.1, 0.15) is 15.9 Å². The van der Waals surface area contributed by atoms with Gasteiger partial charge in [-0.15, -0.1) is 0 Å². The Balaban J connectivity index is 3.26. The van der Waals surface area contributed by atoms with Gasteiger partial charge in [0.15, 0.2) is 0 Å². The Morgan fingerprint density at radius 1 is 1.28 bits per heavy atom. The number of anilines is 1. The van der Waals surface area contributed by atoms with Gasteiger partial charge in [-0.3, -0.25) is 4.79 Å². The van der Waals surface area contributed by atoms with Gasteiger partial charge in [-0.25, -0.2) is 9.18 Å². The Labute approximate surface area is 98.2 Å². The van der Waals surface area contributed by atoms with Crippen LogP contribution >= 0.6 is 0 Å². The second-order valence-corrected chi connectivity index (χ2v) is 3.35. The van der Waals surface area contributed by atoms with E-state index in [1.165, 1.54) is 5.32 Å². The molecular formula is C10H7F4NO3. The largest absolute Gasteiger partial charge is 0.478 e. The highest BCUT2D eigenvalue weighted by Gasteiger charge is 2.39. The number of carbonyl (C=O) groups is 2. The highest BCUT2D eigenvalue weighted by Crippen LogP contribution is 2.26. The first kappa shape index (κ1) is 13.9. The second-order valence-electron chi connectivity index (χ2n) is 3.35. The van der Waals surface area contributed by atoms with E-state index in [2.05, 4.69) is 0 Å². The molecule has 1 rings (SSSR count). The summed E-state index contributed by atoms with van der Waals surface area (Å²) >= 11 is 0. The molecule has 0 saturated carbocycles. The fourth-order valence-electron chi connectivity index (χ4n) is 1.21. The summed E-state index contributed by atoms with van der Waals surface area (Å²) in [6.45, 7) is 1.06. The first-order valence-corrected chi connectivity index (χ1v) is 4.55. The third-order valence-corrected chi connectivity index (χ3v) is 2.13. The van der Waals surface area contributed by atoms with Gasteiger partial charge in [0, 0.05) is 5.56 Å². The highest BCUT2D eigenvalue weighted by atomic mass is 19.4. The van der Waals surface area contributed by atoms with Crippen molar-refractivity contribution in [3.05, 3.63) is 29.1 Å². The zero-order chi connectivity index (χ0) is 14.1. The quantitative estimate of drug-likeness (QED) is 0.806. The van der Waals surface area contributed by atoms with Gasteiger partial charge in [0.05, 0.1) is 11.3 Å². The molecule has 0 aliphatic heterocycles. The van der Waals surface area contributed by atoms with Crippen LogP contribution < -0.4 is 5.32 Å². The topological polar surface area (TPSA) is 66.4 Å². The highest BCUT2D eigenvalue weighted by molar-refractivity contribution is 6.03. The lowest BCUT2D eigenvalue weighted by molar-refractivity contribution is -0.167. The molecule has 8 heteroatoms. The summed E-state index contributed by atoms with van der Waals surface area (Å²) in [4.78, 5) is 21.5. The number of rotatable bonds is 2. The number of hydrogen-bond donors (Lipinski definition) is 2. The first-order valence-electron chi connectivity index (χ1n) is 4.55. The monoisotopic (exact) mass is 265 g/mol. The second kappa shape index (κ2) is 4.63. The predicted octanol–water partition coefficient (Wildman–Crippen LogP) is 2.33. The first-order chi connectivity index (χ1) is 8.14. The van der Waals surface area contributed by atoms with Crippen LogP contribution in [-0.2, 0) is 4.79 Å². The van der Waals surface area contributed by atoms with Crippen LogP contribution in [0.15, 0.2) is 12.1 Å². The van der Waals surface area contributed by atoms with E-state index in [0.29, 0.717) is 0 Å². The van der Waals surface area contributed by atoms with Crippen molar-refractivity contribution in [2.75, 3.05) is 5.32 Å². The Kier molecular flexibility index (Phi) is 3.59. The van der Waals surface area contributed by atoms with Gasteiger partial charge >= 0.3 is 18.1 Å². The Morgan fingerprint density at radius 2 is 1.83 bits per heavy atom. The number of carboxylic acids is 1. The predicted molar refractivity (Wildman–Crippen MR) is 52.8 cm³/mol. The molecule has 0 aliphatic carbocycles. The number of nitrogens with one attached hydrogen (secondary N) is 1. The zero-order valence-corrected chi connectivity index (χ0v) is 8.93. The molecule has 0 aromatic heterocycles. The summed E-state index contributed by atoms with van der Waals surface area (Å²) in [5, 5.41) is 10.1. The van der Waals surface area contributed by atoms with Gasteiger partial charge < -0.3 is 10.4 Å².